The van der Waals surface area contributed by atoms with Crippen molar-refractivity contribution in [1.29, 1.82) is 0 Å². The molecule has 0 bridgehead atoms. The Morgan fingerprint density at radius 1 is 1.35 bits per heavy atom. The molecule has 1 heterocycles. The second-order valence-electron chi connectivity index (χ2n) is 3.88. The van der Waals surface area contributed by atoms with Crippen molar-refractivity contribution in [3.05, 3.63) is 46.4 Å². The van der Waals surface area contributed by atoms with E-state index in [1.165, 1.54) is 4.68 Å². The molecule has 90 valence electrons. The fourth-order valence-electron chi connectivity index (χ4n) is 1.84. The lowest BCUT2D eigenvalue weighted by Gasteiger charge is -2.07. The number of hydrogen-bond acceptors (Lipinski definition) is 2. The number of nitrogens with zero attached hydrogens (tertiary/aromatic N) is 1. The molecule has 1 aromatic carbocycles. The first-order valence-electron chi connectivity index (χ1n) is 5.70. The highest BCUT2D eigenvalue weighted by Gasteiger charge is 2.08. The Labute approximate surface area is 99.8 Å². The summed E-state index contributed by atoms with van der Waals surface area (Å²) < 4.78 is 6.76. The summed E-state index contributed by atoms with van der Waals surface area (Å²) >= 11 is 0. The van der Waals surface area contributed by atoms with E-state index < -0.39 is 0 Å². The molecule has 0 radical (unpaired) electrons. The third-order valence-corrected chi connectivity index (χ3v) is 2.62. The maximum Gasteiger partial charge on any atom is 0.271 e. The zero-order valence-electron chi connectivity index (χ0n) is 10.1. The van der Waals surface area contributed by atoms with Crippen molar-refractivity contribution < 1.29 is 4.74 Å². The molecule has 1 N–H and O–H groups in total. The number of nitrogens with one attached hydrogen (secondary N) is 1. The van der Waals surface area contributed by atoms with Crippen LogP contribution in [0.15, 0.2) is 35.1 Å². The minimum absolute atomic E-state index is 0.0575. The molecule has 0 unspecified atom stereocenters. The second-order valence-corrected chi connectivity index (χ2v) is 3.88. The number of aromatic amines is 1. The minimum atomic E-state index is -0.0575. The van der Waals surface area contributed by atoms with Crippen LogP contribution in [0.25, 0.3) is 5.69 Å². The first kappa shape index (κ1) is 11.5. The highest BCUT2D eigenvalue weighted by Crippen LogP contribution is 2.19. The van der Waals surface area contributed by atoms with Crippen molar-refractivity contribution in [3.63, 3.8) is 0 Å². The Morgan fingerprint density at radius 3 is 2.82 bits per heavy atom. The second kappa shape index (κ2) is 4.91. The number of rotatable bonds is 4. The van der Waals surface area contributed by atoms with Crippen LogP contribution >= 0.6 is 0 Å². The van der Waals surface area contributed by atoms with Crippen molar-refractivity contribution in [2.75, 3.05) is 7.11 Å². The maximum absolute atomic E-state index is 11.9. The molecule has 2 aromatic rings. The molecule has 0 aliphatic rings. The zero-order chi connectivity index (χ0) is 12.3. The van der Waals surface area contributed by atoms with Crippen LogP contribution in [0.4, 0.5) is 0 Å². The van der Waals surface area contributed by atoms with Crippen molar-refractivity contribution in [2.45, 2.75) is 19.8 Å². The van der Waals surface area contributed by atoms with E-state index in [1.807, 2.05) is 24.3 Å². The molecule has 0 fully saturated rings. The van der Waals surface area contributed by atoms with Gasteiger partial charge in [0.1, 0.15) is 11.4 Å². The van der Waals surface area contributed by atoms with E-state index in [2.05, 4.69) is 12.0 Å². The predicted octanol–water partition coefficient (Wildman–Crippen LogP) is 2.13. The van der Waals surface area contributed by atoms with Gasteiger partial charge in [-0.05, 0) is 18.6 Å². The molecule has 0 amide bonds. The van der Waals surface area contributed by atoms with E-state index in [-0.39, 0.29) is 5.56 Å². The summed E-state index contributed by atoms with van der Waals surface area (Å²) in [5.74, 6) is 0.680. The Balaban J connectivity index is 2.49. The Kier molecular flexibility index (Phi) is 3.32. The summed E-state index contributed by atoms with van der Waals surface area (Å²) in [4.78, 5) is 11.9. The SMILES string of the molecule is CCCc1cc(=O)n(-c2ccccc2OC)[nH]1. The van der Waals surface area contributed by atoms with Gasteiger partial charge in [-0.3, -0.25) is 9.89 Å². The quantitative estimate of drug-likeness (QED) is 0.877. The summed E-state index contributed by atoms with van der Waals surface area (Å²) in [6, 6.07) is 9.08. The first-order valence-corrected chi connectivity index (χ1v) is 5.70. The average Bonchev–Trinajstić information content (AvgIpc) is 2.70. The monoisotopic (exact) mass is 232 g/mol. The molecule has 0 spiro atoms. The van der Waals surface area contributed by atoms with E-state index in [0.717, 1.165) is 24.2 Å². The van der Waals surface area contributed by atoms with Gasteiger partial charge in [-0.15, -0.1) is 0 Å². The predicted molar refractivity (Wildman–Crippen MR) is 66.9 cm³/mol. The lowest BCUT2D eigenvalue weighted by Crippen LogP contribution is -2.14. The maximum atomic E-state index is 11.9. The third kappa shape index (κ3) is 2.25. The van der Waals surface area contributed by atoms with Gasteiger partial charge < -0.3 is 4.74 Å². The molecule has 4 heteroatoms. The van der Waals surface area contributed by atoms with E-state index in [0.29, 0.717) is 5.75 Å². The number of H-pyrrole nitrogens is 1. The number of benzene rings is 1. The third-order valence-electron chi connectivity index (χ3n) is 2.62. The molecule has 17 heavy (non-hydrogen) atoms. The highest BCUT2D eigenvalue weighted by molar-refractivity contribution is 5.45. The molecule has 1 aromatic heterocycles. The van der Waals surface area contributed by atoms with Gasteiger partial charge >= 0.3 is 0 Å². The van der Waals surface area contributed by atoms with Gasteiger partial charge in [-0.25, -0.2) is 4.68 Å². The molecule has 0 aliphatic carbocycles. The van der Waals surface area contributed by atoms with Gasteiger partial charge in [0.25, 0.3) is 5.56 Å². The fraction of sp³-hybridized carbons (Fsp3) is 0.308. The topological polar surface area (TPSA) is 47.0 Å². The van der Waals surface area contributed by atoms with Crippen LogP contribution in [0.3, 0.4) is 0 Å². The molecular weight excluding hydrogens is 216 g/mol. The lowest BCUT2D eigenvalue weighted by molar-refractivity contribution is 0.411. The molecule has 0 saturated heterocycles. The summed E-state index contributed by atoms with van der Waals surface area (Å²) in [5, 5.41) is 3.10. The van der Waals surface area contributed by atoms with Crippen molar-refractivity contribution in [3.8, 4) is 11.4 Å². The molecular formula is C13H16N2O2. The van der Waals surface area contributed by atoms with Gasteiger partial charge in [0.2, 0.25) is 0 Å². The fourth-order valence-corrected chi connectivity index (χ4v) is 1.84. The van der Waals surface area contributed by atoms with Crippen molar-refractivity contribution >= 4 is 0 Å². The number of para-hydroxylation sites is 2. The van der Waals surface area contributed by atoms with Crippen LogP contribution in [0.2, 0.25) is 0 Å². The zero-order valence-corrected chi connectivity index (χ0v) is 10.1. The molecule has 0 aliphatic heterocycles. The number of aryl methyl sites for hydroxylation is 1. The number of aromatic nitrogens is 2. The Bertz CT molecular complexity index is 555. The van der Waals surface area contributed by atoms with Crippen LogP contribution < -0.4 is 10.3 Å². The smallest absolute Gasteiger partial charge is 0.271 e. The van der Waals surface area contributed by atoms with Crippen molar-refractivity contribution in [1.82, 2.24) is 9.78 Å². The largest absolute Gasteiger partial charge is 0.494 e. The number of hydrogen-bond donors (Lipinski definition) is 1. The number of methoxy groups -OCH3 is 1. The Morgan fingerprint density at radius 2 is 2.12 bits per heavy atom. The minimum Gasteiger partial charge on any atom is -0.494 e. The summed E-state index contributed by atoms with van der Waals surface area (Å²) in [7, 11) is 1.60. The van der Waals surface area contributed by atoms with Gasteiger partial charge in [0.05, 0.1) is 7.11 Å². The van der Waals surface area contributed by atoms with Gasteiger partial charge in [-0.1, -0.05) is 25.5 Å². The number of ether oxygens (including phenoxy) is 1. The Hall–Kier alpha value is -1.97. The summed E-state index contributed by atoms with van der Waals surface area (Å²) in [5.41, 5.74) is 1.63. The van der Waals surface area contributed by atoms with Gasteiger partial charge in [0.15, 0.2) is 0 Å². The highest BCUT2D eigenvalue weighted by atomic mass is 16.5. The van der Waals surface area contributed by atoms with Crippen LogP contribution in [0.1, 0.15) is 19.0 Å². The molecule has 2 rings (SSSR count). The first-order chi connectivity index (χ1) is 8.26. The summed E-state index contributed by atoms with van der Waals surface area (Å²) in [6.07, 6.45) is 1.88. The van der Waals surface area contributed by atoms with Gasteiger partial charge in [0, 0.05) is 11.8 Å². The summed E-state index contributed by atoms with van der Waals surface area (Å²) in [6.45, 7) is 2.08. The van der Waals surface area contributed by atoms with Crippen LogP contribution in [0.5, 0.6) is 5.75 Å². The van der Waals surface area contributed by atoms with Crippen molar-refractivity contribution in [2.24, 2.45) is 0 Å². The molecule has 0 atom stereocenters. The lowest BCUT2D eigenvalue weighted by atomic mass is 10.3. The van der Waals surface area contributed by atoms with Crippen LogP contribution in [-0.2, 0) is 6.42 Å². The van der Waals surface area contributed by atoms with Crippen LogP contribution in [0, 0.1) is 0 Å². The standard InChI is InChI=1S/C13H16N2O2/c1-3-6-10-9-13(16)15(14-10)11-7-4-5-8-12(11)17-2/h4-5,7-9,14H,3,6H2,1-2H3. The average molecular weight is 232 g/mol. The molecule has 4 nitrogen and oxygen atoms in total. The van der Waals surface area contributed by atoms with E-state index >= 15 is 0 Å². The normalized spacial score (nSPS) is 10.5. The molecule has 0 saturated carbocycles. The van der Waals surface area contributed by atoms with Gasteiger partial charge in [-0.2, -0.15) is 0 Å². The van der Waals surface area contributed by atoms with Crippen LogP contribution in [-0.4, -0.2) is 16.9 Å². The van der Waals surface area contributed by atoms with E-state index in [1.54, 1.807) is 13.2 Å². The van der Waals surface area contributed by atoms with E-state index in [4.69, 9.17) is 4.74 Å². The van der Waals surface area contributed by atoms with E-state index in [9.17, 15) is 4.79 Å².